The zero-order chi connectivity index (χ0) is 28.1. The van der Waals surface area contributed by atoms with Crippen LogP contribution in [0.2, 0.25) is 0 Å². The summed E-state index contributed by atoms with van der Waals surface area (Å²) in [6.45, 7) is 18.6. The quantitative estimate of drug-likeness (QED) is 0.442. The van der Waals surface area contributed by atoms with Gasteiger partial charge in [0.2, 0.25) is 5.91 Å². The van der Waals surface area contributed by atoms with Gasteiger partial charge in [-0.3, -0.25) is 9.59 Å². The zero-order valence-electron chi connectivity index (χ0n) is 24.0. The summed E-state index contributed by atoms with van der Waals surface area (Å²) in [5.41, 5.74) is 2.78. The largest absolute Gasteiger partial charge is 0.444 e. The first-order valence-electron chi connectivity index (χ1n) is 12.8. The Balaban J connectivity index is 2.62. The minimum atomic E-state index is -0.925. The van der Waals surface area contributed by atoms with Crippen LogP contribution in [0.4, 0.5) is 10.5 Å². The van der Waals surface area contributed by atoms with Crippen molar-refractivity contribution in [2.24, 2.45) is 0 Å². The summed E-state index contributed by atoms with van der Waals surface area (Å²) in [7, 11) is 0. The molecule has 0 spiro atoms. The van der Waals surface area contributed by atoms with E-state index in [1.165, 1.54) is 0 Å². The molecule has 0 heterocycles. The maximum Gasteiger partial charge on any atom is 0.408 e. The summed E-state index contributed by atoms with van der Waals surface area (Å²) >= 11 is 0. The number of para-hydroxylation sites is 1. The number of hydrogen-bond donors (Lipinski definition) is 2. The Labute approximate surface area is 222 Å². The molecule has 0 aliphatic rings. The third-order valence-electron chi connectivity index (χ3n) is 6.58. The summed E-state index contributed by atoms with van der Waals surface area (Å²) in [6, 6.07) is 11.5. The van der Waals surface area contributed by atoms with Gasteiger partial charge in [0, 0.05) is 11.2 Å². The lowest BCUT2D eigenvalue weighted by molar-refractivity contribution is -0.147. The Bertz CT molecular complexity index is 1110. The van der Waals surface area contributed by atoms with Gasteiger partial charge in [0.1, 0.15) is 17.7 Å². The summed E-state index contributed by atoms with van der Waals surface area (Å²) in [6.07, 6.45) is -0.0904. The number of benzene rings is 2. The molecule has 0 aliphatic heterocycles. The van der Waals surface area contributed by atoms with Crippen molar-refractivity contribution in [3.8, 4) is 0 Å². The summed E-state index contributed by atoms with van der Waals surface area (Å²) in [5.74, 6) is -0.684. The molecule has 7 nitrogen and oxygen atoms in total. The van der Waals surface area contributed by atoms with E-state index >= 15 is 0 Å². The molecule has 7 heteroatoms. The Kier molecular flexibility index (Phi) is 9.53. The molecule has 0 radical (unpaired) electrons. The molecule has 2 N–H and O–H groups in total. The maximum atomic E-state index is 14.1. The molecule has 2 rings (SSSR count). The van der Waals surface area contributed by atoms with E-state index in [0.717, 1.165) is 22.3 Å². The second kappa shape index (κ2) is 11.8. The first-order chi connectivity index (χ1) is 17.1. The number of anilines is 1. The van der Waals surface area contributed by atoms with Crippen LogP contribution in [0, 0.1) is 20.8 Å². The van der Waals surface area contributed by atoms with Crippen LogP contribution in [0.3, 0.4) is 0 Å². The van der Waals surface area contributed by atoms with Crippen LogP contribution in [-0.2, 0) is 14.3 Å². The van der Waals surface area contributed by atoms with Gasteiger partial charge in [0.15, 0.2) is 0 Å². The molecular formula is C30H43N3O4. The van der Waals surface area contributed by atoms with Gasteiger partial charge in [-0.25, -0.2) is 4.79 Å². The van der Waals surface area contributed by atoms with E-state index in [-0.39, 0.29) is 11.8 Å². The van der Waals surface area contributed by atoms with Gasteiger partial charge in [-0.05, 0) is 97.1 Å². The third kappa shape index (κ3) is 7.57. The van der Waals surface area contributed by atoms with Crippen molar-refractivity contribution < 1.29 is 19.1 Å². The fraction of sp³-hybridized carbons (Fsp3) is 0.500. The molecule has 0 saturated carbocycles. The minimum absolute atomic E-state index is 0.314. The molecule has 202 valence electrons. The monoisotopic (exact) mass is 509 g/mol. The van der Waals surface area contributed by atoms with E-state index in [4.69, 9.17) is 4.74 Å². The number of nitrogens with zero attached hydrogens (tertiary/aromatic N) is 1. The van der Waals surface area contributed by atoms with E-state index in [9.17, 15) is 14.4 Å². The zero-order valence-corrected chi connectivity index (χ0v) is 24.0. The van der Waals surface area contributed by atoms with E-state index in [2.05, 4.69) is 10.6 Å². The Hall–Kier alpha value is -3.35. The molecule has 37 heavy (non-hydrogen) atoms. The number of alkyl carbamates (subject to hydrolysis) is 1. The number of hydrogen-bond acceptors (Lipinski definition) is 4. The molecule has 2 unspecified atom stereocenters. The molecule has 0 saturated heterocycles. The fourth-order valence-corrected chi connectivity index (χ4v) is 4.25. The van der Waals surface area contributed by atoms with Gasteiger partial charge < -0.3 is 20.3 Å². The van der Waals surface area contributed by atoms with Crippen molar-refractivity contribution in [3.63, 3.8) is 0 Å². The average Bonchev–Trinajstić information content (AvgIpc) is 2.77. The van der Waals surface area contributed by atoms with Gasteiger partial charge in [0.05, 0.1) is 0 Å². The standard InChI is InChI=1S/C30H43N3O4/c1-11-30(9,10)33(27(35)22(5)31-28(36)37-29(6,7)8)25(24-20(3)16-14-17-21(24)4)26(34)32-23-18-13-12-15-19(23)2/h12-18,22,25H,11H2,1-10H3,(H,31,36)(H,32,34). The Morgan fingerprint density at radius 3 is 1.95 bits per heavy atom. The van der Waals surface area contributed by atoms with Crippen molar-refractivity contribution in [1.82, 2.24) is 10.2 Å². The third-order valence-corrected chi connectivity index (χ3v) is 6.58. The lowest BCUT2D eigenvalue weighted by Gasteiger charge is -2.45. The van der Waals surface area contributed by atoms with Crippen LogP contribution in [0.25, 0.3) is 0 Å². The van der Waals surface area contributed by atoms with E-state index in [0.29, 0.717) is 12.1 Å². The minimum Gasteiger partial charge on any atom is -0.444 e. The normalized spacial score (nSPS) is 13.4. The van der Waals surface area contributed by atoms with Crippen molar-refractivity contribution in [3.05, 3.63) is 64.7 Å². The number of carbonyl (C=O) groups excluding carboxylic acids is 3. The van der Waals surface area contributed by atoms with Crippen LogP contribution in [0.5, 0.6) is 0 Å². The first kappa shape index (κ1) is 29.9. The molecular weight excluding hydrogens is 466 g/mol. The number of aryl methyl sites for hydroxylation is 3. The van der Waals surface area contributed by atoms with Gasteiger partial charge >= 0.3 is 6.09 Å². The van der Waals surface area contributed by atoms with Crippen LogP contribution >= 0.6 is 0 Å². The lowest BCUT2D eigenvalue weighted by atomic mass is 9.88. The first-order valence-corrected chi connectivity index (χ1v) is 12.8. The summed E-state index contributed by atoms with van der Waals surface area (Å²) < 4.78 is 5.37. The van der Waals surface area contributed by atoms with Gasteiger partial charge in [0.25, 0.3) is 5.91 Å². The number of nitrogens with one attached hydrogen (secondary N) is 2. The highest BCUT2D eigenvalue weighted by Gasteiger charge is 2.43. The second-order valence-electron chi connectivity index (χ2n) is 11.3. The number of carbonyl (C=O) groups is 3. The number of ether oxygens (including phenoxy) is 1. The fourth-order valence-electron chi connectivity index (χ4n) is 4.25. The van der Waals surface area contributed by atoms with Crippen LogP contribution in [0.1, 0.15) is 83.2 Å². The van der Waals surface area contributed by atoms with E-state index < -0.39 is 29.3 Å². The van der Waals surface area contributed by atoms with E-state index in [1.54, 1.807) is 32.6 Å². The highest BCUT2D eigenvalue weighted by Crippen LogP contribution is 2.36. The maximum absolute atomic E-state index is 14.1. The number of amides is 3. The molecule has 2 aromatic rings. The number of rotatable bonds is 8. The molecule has 3 amide bonds. The van der Waals surface area contributed by atoms with Crippen LogP contribution < -0.4 is 10.6 Å². The van der Waals surface area contributed by atoms with Crippen LogP contribution in [-0.4, -0.2) is 40.0 Å². The van der Waals surface area contributed by atoms with Gasteiger partial charge in [-0.1, -0.05) is 43.3 Å². The van der Waals surface area contributed by atoms with Crippen LogP contribution in [0.15, 0.2) is 42.5 Å². The van der Waals surface area contributed by atoms with Gasteiger partial charge in [-0.2, -0.15) is 0 Å². The summed E-state index contributed by atoms with van der Waals surface area (Å²) in [5, 5.41) is 5.72. The van der Waals surface area contributed by atoms with Crippen molar-refractivity contribution in [2.75, 3.05) is 5.32 Å². The van der Waals surface area contributed by atoms with Crippen molar-refractivity contribution in [2.45, 2.75) is 98.9 Å². The van der Waals surface area contributed by atoms with Crippen molar-refractivity contribution in [1.29, 1.82) is 0 Å². The molecule has 0 bridgehead atoms. The lowest BCUT2D eigenvalue weighted by Crippen LogP contribution is -2.58. The topological polar surface area (TPSA) is 87.7 Å². The SMILES string of the molecule is CCC(C)(C)N(C(=O)C(C)NC(=O)OC(C)(C)C)C(C(=O)Nc1ccccc1C)c1c(C)cccc1C. The van der Waals surface area contributed by atoms with E-state index in [1.807, 2.05) is 84.0 Å². The highest BCUT2D eigenvalue weighted by molar-refractivity contribution is 6.00. The van der Waals surface area contributed by atoms with Gasteiger partial charge in [-0.15, -0.1) is 0 Å². The average molecular weight is 510 g/mol. The Morgan fingerprint density at radius 1 is 0.892 bits per heavy atom. The predicted molar refractivity (Wildman–Crippen MR) is 149 cm³/mol. The Morgan fingerprint density at radius 2 is 1.43 bits per heavy atom. The molecule has 0 aliphatic carbocycles. The smallest absolute Gasteiger partial charge is 0.408 e. The highest BCUT2D eigenvalue weighted by atomic mass is 16.6. The second-order valence-corrected chi connectivity index (χ2v) is 11.3. The summed E-state index contributed by atoms with van der Waals surface area (Å²) in [4.78, 5) is 42.3. The van der Waals surface area contributed by atoms with Crippen molar-refractivity contribution >= 4 is 23.6 Å². The molecule has 0 aromatic heterocycles. The molecule has 2 atom stereocenters. The molecule has 2 aromatic carbocycles. The predicted octanol–water partition coefficient (Wildman–Crippen LogP) is 6.22. The molecule has 0 fully saturated rings.